The van der Waals surface area contributed by atoms with Crippen LogP contribution in [-0.4, -0.2) is 71.2 Å². The molecule has 1 N–H and O–H groups in total. The van der Waals surface area contributed by atoms with E-state index in [4.69, 9.17) is 23.7 Å². The Kier molecular flexibility index (Phi) is 8.13. The fourth-order valence-electron chi connectivity index (χ4n) is 7.62. The maximum Gasteiger partial charge on any atom is 0.338 e. The molecule has 8 unspecified atom stereocenters. The lowest BCUT2D eigenvalue weighted by Crippen LogP contribution is -2.78. The van der Waals surface area contributed by atoms with Crippen molar-refractivity contribution in [1.29, 1.82) is 0 Å². The van der Waals surface area contributed by atoms with Gasteiger partial charge in [0.25, 0.3) is 0 Å². The average molecular weight is 595 g/mol. The van der Waals surface area contributed by atoms with Gasteiger partial charge in [0.1, 0.15) is 42.0 Å². The molecule has 1 aliphatic heterocycles. The zero-order chi connectivity index (χ0) is 31.2. The highest BCUT2D eigenvalue weighted by Crippen LogP contribution is 2.67. The second-order valence-corrected chi connectivity index (χ2v) is 12.3. The third-order valence-corrected chi connectivity index (χ3v) is 9.41. The predicted octanol–water partition coefficient (Wildman–Crippen LogP) is 3.89. The van der Waals surface area contributed by atoms with Crippen molar-refractivity contribution in [3.8, 4) is 0 Å². The van der Waals surface area contributed by atoms with Crippen LogP contribution in [0.15, 0.2) is 60.7 Å². The Morgan fingerprint density at radius 2 is 1.40 bits per heavy atom. The van der Waals surface area contributed by atoms with Gasteiger partial charge in [-0.25, -0.2) is 9.59 Å². The van der Waals surface area contributed by atoms with E-state index in [1.54, 1.807) is 60.7 Å². The van der Waals surface area contributed by atoms with Gasteiger partial charge in [0.15, 0.2) is 0 Å². The van der Waals surface area contributed by atoms with E-state index >= 15 is 0 Å². The maximum absolute atomic E-state index is 13.5. The lowest BCUT2D eigenvalue weighted by molar-refractivity contribution is -0.316. The summed E-state index contributed by atoms with van der Waals surface area (Å²) in [7, 11) is 0. The molecule has 8 atom stereocenters. The molecule has 230 valence electrons. The molecule has 2 saturated carbocycles. The number of carbonyl (C=O) groups excluding carboxylic acids is 4. The van der Waals surface area contributed by atoms with Gasteiger partial charge in [-0.2, -0.15) is 0 Å². The maximum atomic E-state index is 13.5. The van der Waals surface area contributed by atoms with Crippen molar-refractivity contribution in [2.75, 3.05) is 6.61 Å². The minimum absolute atomic E-state index is 0.121. The van der Waals surface area contributed by atoms with Crippen LogP contribution in [-0.2, 0) is 33.3 Å². The van der Waals surface area contributed by atoms with Crippen LogP contribution >= 0.6 is 0 Å². The molecule has 1 saturated heterocycles. The topological polar surface area (TPSA) is 135 Å². The third-order valence-electron chi connectivity index (χ3n) is 9.41. The van der Waals surface area contributed by atoms with Gasteiger partial charge < -0.3 is 28.8 Å². The van der Waals surface area contributed by atoms with Crippen molar-refractivity contribution in [1.82, 2.24) is 0 Å². The van der Waals surface area contributed by atoms with Gasteiger partial charge in [-0.15, -0.1) is 0 Å². The highest BCUT2D eigenvalue weighted by molar-refractivity contribution is 5.90. The molecule has 10 heteroatoms. The molecule has 2 aliphatic carbocycles. The summed E-state index contributed by atoms with van der Waals surface area (Å²) in [5, 5.41) is 12.4. The Labute approximate surface area is 250 Å². The summed E-state index contributed by atoms with van der Waals surface area (Å²) in [4.78, 5) is 51.5. The first-order valence-electron chi connectivity index (χ1n) is 14.5. The molecule has 1 heterocycles. The van der Waals surface area contributed by atoms with Gasteiger partial charge in [-0.1, -0.05) is 43.3 Å². The predicted molar refractivity (Wildman–Crippen MR) is 152 cm³/mol. The molecule has 1 spiro atoms. The summed E-state index contributed by atoms with van der Waals surface area (Å²) in [6, 6.07) is 16.8. The highest BCUT2D eigenvalue weighted by Gasteiger charge is 2.81. The summed E-state index contributed by atoms with van der Waals surface area (Å²) in [5.41, 5.74) is -3.47. The van der Waals surface area contributed by atoms with Crippen LogP contribution in [0.3, 0.4) is 0 Å². The van der Waals surface area contributed by atoms with Crippen LogP contribution in [0.1, 0.15) is 68.2 Å². The number of benzene rings is 2. The molecule has 5 rings (SSSR count). The van der Waals surface area contributed by atoms with Crippen molar-refractivity contribution >= 4 is 23.9 Å². The van der Waals surface area contributed by atoms with Gasteiger partial charge in [-0.3, -0.25) is 9.59 Å². The van der Waals surface area contributed by atoms with Gasteiger partial charge in [0, 0.05) is 19.8 Å². The fraction of sp³-hybridized carbons (Fsp3) is 0.515. The van der Waals surface area contributed by atoms with Crippen molar-refractivity contribution in [3.63, 3.8) is 0 Å². The van der Waals surface area contributed by atoms with E-state index in [-0.39, 0.29) is 12.8 Å². The highest BCUT2D eigenvalue weighted by atomic mass is 16.6. The Balaban J connectivity index is 1.66. The normalized spacial score (nSPS) is 33.9. The average Bonchev–Trinajstić information content (AvgIpc) is 3.13. The molecular formula is C33H38O10. The summed E-state index contributed by atoms with van der Waals surface area (Å²) in [5.74, 6) is -3.43. The fourth-order valence-corrected chi connectivity index (χ4v) is 7.62. The molecule has 43 heavy (non-hydrogen) atoms. The Morgan fingerprint density at radius 3 is 1.93 bits per heavy atom. The summed E-state index contributed by atoms with van der Waals surface area (Å²) in [6.45, 7) is 7.67. The molecule has 3 fully saturated rings. The minimum Gasteiger partial charge on any atom is -0.465 e. The number of aliphatic hydroxyl groups is 1. The van der Waals surface area contributed by atoms with Gasteiger partial charge in [-0.05, 0) is 56.9 Å². The SMILES string of the molecule is CC(=O)OCC12C(OC(=O)c3ccccc3)CC3C(OC(C)=O)C1(OC3(C)C)C(C)CC(OC(=O)c1ccccc1)C2O. The number of hydrogen-bond acceptors (Lipinski definition) is 10. The number of esters is 4. The van der Waals surface area contributed by atoms with Crippen molar-refractivity contribution in [2.24, 2.45) is 17.3 Å². The van der Waals surface area contributed by atoms with E-state index in [0.717, 1.165) is 0 Å². The van der Waals surface area contributed by atoms with Crippen LogP contribution in [0, 0.1) is 17.3 Å². The smallest absolute Gasteiger partial charge is 0.338 e. The third kappa shape index (κ3) is 5.10. The van der Waals surface area contributed by atoms with Crippen LogP contribution in [0.2, 0.25) is 0 Å². The largest absolute Gasteiger partial charge is 0.465 e. The van der Waals surface area contributed by atoms with Crippen LogP contribution in [0.5, 0.6) is 0 Å². The molecule has 2 aromatic rings. The first-order valence-corrected chi connectivity index (χ1v) is 14.5. The van der Waals surface area contributed by atoms with Crippen LogP contribution < -0.4 is 0 Å². The van der Waals surface area contributed by atoms with Crippen molar-refractivity contribution in [3.05, 3.63) is 71.8 Å². The quantitative estimate of drug-likeness (QED) is 0.372. The van der Waals surface area contributed by atoms with Crippen molar-refractivity contribution in [2.45, 2.75) is 83.1 Å². The number of aliphatic hydroxyl groups excluding tert-OH is 1. The second kappa shape index (κ2) is 11.4. The van der Waals surface area contributed by atoms with E-state index in [2.05, 4.69) is 0 Å². The van der Waals surface area contributed by atoms with E-state index in [0.29, 0.717) is 11.1 Å². The van der Waals surface area contributed by atoms with Gasteiger partial charge in [0.2, 0.25) is 0 Å². The van der Waals surface area contributed by atoms with Crippen LogP contribution in [0.4, 0.5) is 0 Å². The summed E-state index contributed by atoms with van der Waals surface area (Å²) in [6.07, 6.45) is -4.33. The van der Waals surface area contributed by atoms with E-state index < -0.39 is 83.4 Å². The first kappa shape index (κ1) is 30.7. The molecular weight excluding hydrogens is 556 g/mol. The Bertz CT molecular complexity index is 1370. The summed E-state index contributed by atoms with van der Waals surface area (Å²) < 4.78 is 30.6. The van der Waals surface area contributed by atoms with E-state index in [1.165, 1.54) is 13.8 Å². The van der Waals surface area contributed by atoms with E-state index in [9.17, 15) is 24.3 Å². The van der Waals surface area contributed by atoms with Crippen molar-refractivity contribution < 1.29 is 48.0 Å². The number of hydrogen-bond donors (Lipinski definition) is 1. The molecule has 10 nitrogen and oxygen atoms in total. The number of carbonyl (C=O) groups is 4. The standard InChI is InChI=1S/C33H38O10/c1-19-16-25(41-29(37)22-12-8-6-9-13-22)27(36)32(18-39-20(2)34)26(42-30(38)23-14-10-7-11-15-23)17-24-28(40-21(3)35)33(19,32)43-31(24,4)5/h6-15,19,24-28,36H,16-18H2,1-5H3. The Morgan fingerprint density at radius 1 is 0.837 bits per heavy atom. The summed E-state index contributed by atoms with van der Waals surface area (Å²) >= 11 is 0. The monoisotopic (exact) mass is 594 g/mol. The first-order chi connectivity index (χ1) is 20.3. The molecule has 0 aromatic heterocycles. The zero-order valence-electron chi connectivity index (χ0n) is 25.0. The molecule has 2 aromatic carbocycles. The minimum atomic E-state index is -1.69. The number of rotatable bonds is 7. The lowest BCUT2D eigenvalue weighted by atomic mass is 9.48. The second-order valence-electron chi connectivity index (χ2n) is 12.3. The number of ether oxygens (including phenoxy) is 5. The molecule has 3 aliphatic rings. The number of fused-ring (bicyclic) bond motifs is 1. The Hall–Kier alpha value is -3.76. The lowest BCUT2D eigenvalue weighted by Gasteiger charge is -2.63. The van der Waals surface area contributed by atoms with Crippen LogP contribution in [0.25, 0.3) is 0 Å². The molecule has 0 amide bonds. The van der Waals surface area contributed by atoms with Gasteiger partial charge in [0.05, 0.1) is 16.7 Å². The van der Waals surface area contributed by atoms with E-state index in [1.807, 2.05) is 20.8 Å². The molecule has 0 radical (unpaired) electrons. The molecule has 2 bridgehead atoms. The zero-order valence-corrected chi connectivity index (χ0v) is 25.0. The van der Waals surface area contributed by atoms with Gasteiger partial charge >= 0.3 is 23.9 Å².